The number of nitrogens with one attached hydrogen (secondary N) is 1. The van der Waals surface area contributed by atoms with Crippen molar-refractivity contribution >= 4 is 38.1 Å². The van der Waals surface area contributed by atoms with Crippen molar-refractivity contribution in [2.24, 2.45) is 0 Å². The van der Waals surface area contributed by atoms with Crippen molar-refractivity contribution in [2.45, 2.75) is 4.90 Å². The van der Waals surface area contributed by atoms with Crippen LogP contribution in [0.2, 0.25) is 0 Å². The van der Waals surface area contributed by atoms with Crippen molar-refractivity contribution in [3.8, 4) is 11.1 Å². The number of rotatable bonds is 6. The number of hydrogen-bond donors (Lipinski definition) is 2. The highest BCUT2D eigenvalue weighted by Gasteiger charge is 2.29. The normalized spacial score (nSPS) is 14.8. The monoisotopic (exact) mass is 487 g/mol. The summed E-state index contributed by atoms with van der Waals surface area (Å²) in [5.74, 6) is -0.614. The highest BCUT2D eigenvalue weighted by molar-refractivity contribution is 7.89. The minimum absolute atomic E-state index is 0.264. The van der Waals surface area contributed by atoms with Crippen LogP contribution in [-0.2, 0) is 10.0 Å². The van der Waals surface area contributed by atoms with Crippen molar-refractivity contribution < 1.29 is 18.4 Å². The summed E-state index contributed by atoms with van der Waals surface area (Å²) in [6, 6.07) is 15.1. The Morgan fingerprint density at radius 1 is 1.06 bits per heavy atom. The Morgan fingerprint density at radius 2 is 1.76 bits per heavy atom. The third-order valence-corrected chi connectivity index (χ3v) is 8.49. The Kier molecular flexibility index (Phi) is 6.66. The van der Waals surface area contributed by atoms with Gasteiger partial charge < -0.3 is 9.80 Å². The predicted molar refractivity (Wildman–Crippen MR) is 129 cm³/mol. The zero-order chi connectivity index (χ0) is 23.6. The molecule has 0 spiro atoms. The van der Waals surface area contributed by atoms with Gasteiger partial charge in [-0.25, -0.2) is 18.9 Å². The third-order valence-electron chi connectivity index (χ3n) is 5.52. The first-order valence-corrected chi connectivity index (χ1v) is 12.6. The number of amides is 1. The number of thiazole rings is 1. The van der Waals surface area contributed by atoms with E-state index in [1.54, 1.807) is 17.6 Å². The number of aromatic nitrogens is 1. The van der Waals surface area contributed by atoms with Crippen LogP contribution in [0.5, 0.6) is 0 Å². The number of hydroxylamine groups is 1. The van der Waals surface area contributed by atoms with Crippen molar-refractivity contribution in [2.75, 3.05) is 50.1 Å². The molecule has 0 bridgehead atoms. The largest absolute Gasteiger partial charge is 0.378 e. The molecule has 2 heterocycles. The minimum Gasteiger partial charge on any atom is -0.378 e. The molecule has 2 aromatic carbocycles. The van der Waals surface area contributed by atoms with E-state index < -0.39 is 15.9 Å². The lowest BCUT2D eigenvalue weighted by atomic mass is 10.1. The smallest absolute Gasteiger partial charge is 0.286 e. The number of hydrogen-bond acceptors (Lipinski definition) is 8. The van der Waals surface area contributed by atoms with Gasteiger partial charge in [-0.2, -0.15) is 4.31 Å². The van der Waals surface area contributed by atoms with Gasteiger partial charge in [0.25, 0.3) is 5.91 Å². The molecular weight excluding hydrogens is 462 g/mol. The Bertz CT molecular complexity index is 1230. The number of nitrogens with zero attached hydrogens (tertiary/aromatic N) is 4. The van der Waals surface area contributed by atoms with Gasteiger partial charge in [0.2, 0.25) is 10.0 Å². The standard InChI is InChI=1S/C22H25N5O4S2/c1-25(2)18-5-3-4-17(14-18)16-6-8-19(9-7-16)33(30,31)27-12-10-26(11-13-27)22-23-15-20(32-22)21(28)24-29/h3-9,14-15,29H,10-13H2,1-2H3,(H,24,28). The average Bonchev–Trinajstić information content (AvgIpc) is 3.34. The molecule has 0 aliphatic carbocycles. The molecule has 1 amide bonds. The number of sulfonamides is 1. The van der Waals surface area contributed by atoms with Crippen LogP contribution in [0.3, 0.4) is 0 Å². The molecule has 174 valence electrons. The van der Waals surface area contributed by atoms with Crippen molar-refractivity contribution in [3.63, 3.8) is 0 Å². The second-order valence-corrected chi connectivity index (χ2v) is 10.8. The zero-order valence-corrected chi connectivity index (χ0v) is 19.9. The van der Waals surface area contributed by atoms with Crippen LogP contribution in [-0.4, -0.2) is 69.1 Å². The van der Waals surface area contributed by atoms with E-state index in [4.69, 9.17) is 5.21 Å². The van der Waals surface area contributed by atoms with E-state index in [2.05, 4.69) is 11.1 Å². The van der Waals surface area contributed by atoms with E-state index in [9.17, 15) is 13.2 Å². The second kappa shape index (κ2) is 9.48. The summed E-state index contributed by atoms with van der Waals surface area (Å²) >= 11 is 1.15. The van der Waals surface area contributed by atoms with E-state index in [0.29, 0.717) is 36.2 Å². The number of piperazine rings is 1. The molecule has 4 rings (SSSR count). The lowest BCUT2D eigenvalue weighted by Gasteiger charge is -2.33. The van der Waals surface area contributed by atoms with Gasteiger partial charge in [-0.05, 0) is 35.4 Å². The number of benzene rings is 2. The van der Waals surface area contributed by atoms with Gasteiger partial charge in [-0.3, -0.25) is 10.0 Å². The van der Waals surface area contributed by atoms with Crippen LogP contribution < -0.4 is 15.3 Å². The highest BCUT2D eigenvalue weighted by atomic mass is 32.2. The SMILES string of the molecule is CN(C)c1cccc(-c2ccc(S(=O)(=O)N3CCN(c4ncc(C(=O)NO)s4)CC3)cc2)c1. The predicted octanol–water partition coefficient (Wildman–Crippen LogP) is 2.51. The molecule has 2 N–H and O–H groups in total. The molecule has 0 saturated carbocycles. The van der Waals surface area contributed by atoms with Crippen LogP contribution in [0.1, 0.15) is 9.67 Å². The van der Waals surface area contributed by atoms with Gasteiger partial charge in [0.05, 0.1) is 11.1 Å². The molecule has 0 atom stereocenters. The van der Waals surface area contributed by atoms with Gasteiger partial charge in [0.15, 0.2) is 5.13 Å². The summed E-state index contributed by atoms with van der Waals surface area (Å²) in [6.07, 6.45) is 1.39. The second-order valence-electron chi connectivity index (χ2n) is 7.81. The Labute approximate surface area is 196 Å². The van der Waals surface area contributed by atoms with Crippen LogP contribution in [0, 0.1) is 0 Å². The molecular formula is C22H25N5O4S2. The average molecular weight is 488 g/mol. The Morgan fingerprint density at radius 3 is 2.39 bits per heavy atom. The van der Waals surface area contributed by atoms with Gasteiger partial charge in [-0.1, -0.05) is 35.6 Å². The maximum atomic E-state index is 13.2. The maximum absolute atomic E-state index is 13.2. The van der Waals surface area contributed by atoms with Gasteiger partial charge in [0.1, 0.15) is 4.88 Å². The van der Waals surface area contributed by atoms with Crippen molar-refractivity contribution in [1.29, 1.82) is 0 Å². The summed E-state index contributed by atoms with van der Waals surface area (Å²) in [5.41, 5.74) is 4.64. The topological polar surface area (TPSA) is 106 Å². The van der Waals surface area contributed by atoms with Gasteiger partial charge >= 0.3 is 0 Å². The molecule has 1 aliphatic heterocycles. The summed E-state index contributed by atoms with van der Waals surface area (Å²) in [7, 11) is 0.344. The molecule has 1 aromatic heterocycles. The molecule has 0 radical (unpaired) electrons. The molecule has 33 heavy (non-hydrogen) atoms. The van der Waals surface area contributed by atoms with Gasteiger partial charge in [0, 0.05) is 46.0 Å². The molecule has 1 fully saturated rings. The lowest BCUT2D eigenvalue weighted by molar-refractivity contribution is 0.0710. The fourth-order valence-corrected chi connectivity index (χ4v) is 5.90. The van der Waals surface area contributed by atoms with E-state index >= 15 is 0 Å². The fourth-order valence-electron chi connectivity index (χ4n) is 3.62. The van der Waals surface area contributed by atoms with E-state index in [0.717, 1.165) is 28.2 Å². The summed E-state index contributed by atoms with van der Waals surface area (Å²) in [5, 5.41) is 9.37. The van der Waals surface area contributed by atoms with E-state index in [-0.39, 0.29) is 4.90 Å². The number of carbonyl (C=O) groups is 1. The zero-order valence-electron chi connectivity index (χ0n) is 18.3. The van der Waals surface area contributed by atoms with Gasteiger partial charge in [-0.15, -0.1) is 0 Å². The highest BCUT2D eigenvalue weighted by Crippen LogP contribution is 2.28. The molecule has 1 saturated heterocycles. The quantitative estimate of drug-likeness (QED) is 0.406. The molecule has 1 aliphatic rings. The van der Waals surface area contributed by atoms with Crippen LogP contribution in [0.15, 0.2) is 59.6 Å². The minimum atomic E-state index is -3.62. The first-order chi connectivity index (χ1) is 15.8. The van der Waals surface area contributed by atoms with Crippen LogP contribution >= 0.6 is 11.3 Å². The summed E-state index contributed by atoms with van der Waals surface area (Å²) < 4.78 is 27.8. The molecule has 11 heteroatoms. The van der Waals surface area contributed by atoms with E-state index in [1.165, 1.54) is 10.5 Å². The third kappa shape index (κ3) is 4.86. The molecule has 0 unspecified atom stereocenters. The maximum Gasteiger partial charge on any atom is 0.286 e. The first-order valence-electron chi connectivity index (χ1n) is 10.3. The summed E-state index contributed by atoms with van der Waals surface area (Å²) in [6.45, 7) is 1.55. The summed E-state index contributed by atoms with van der Waals surface area (Å²) in [4.78, 5) is 20.2. The molecule has 9 nitrogen and oxygen atoms in total. The Balaban J connectivity index is 1.44. The molecule has 3 aromatic rings. The van der Waals surface area contributed by atoms with Crippen molar-refractivity contribution in [1.82, 2.24) is 14.8 Å². The van der Waals surface area contributed by atoms with Crippen molar-refractivity contribution in [3.05, 3.63) is 59.6 Å². The Hall–Kier alpha value is -2.99. The van der Waals surface area contributed by atoms with Crippen LogP contribution in [0.25, 0.3) is 11.1 Å². The fraction of sp³-hybridized carbons (Fsp3) is 0.273. The number of anilines is 2. The lowest BCUT2D eigenvalue weighted by Crippen LogP contribution is -2.48. The number of carbonyl (C=O) groups excluding carboxylic acids is 1. The van der Waals surface area contributed by atoms with Crippen LogP contribution in [0.4, 0.5) is 10.8 Å². The first kappa shape index (κ1) is 23.2. The van der Waals surface area contributed by atoms with E-state index in [1.807, 2.05) is 54.2 Å².